The van der Waals surface area contributed by atoms with Crippen LogP contribution >= 0.6 is 23.4 Å². The highest BCUT2D eigenvalue weighted by Gasteiger charge is 2.05. The Balaban J connectivity index is 1.46. The number of carbonyl (C=O) groups is 1. The van der Waals surface area contributed by atoms with Gasteiger partial charge in [-0.1, -0.05) is 41.9 Å². The molecule has 0 aliphatic heterocycles. The predicted molar refractivity (Wildman–Crippen MR) is 110 cm³/mol. The van der Waals surface area contributed by atoms with Crippen molar-refractivity contribution in [1.29, 1.82) is 0 Å². The second-order valence-corrected chi connectivity index (χ2v) is 7.25. The largest absolute Gasteiger partial charge is 0.325 e. The lowest BCUT2D eigenvalue weighted by atomic mass is 10.1. The van der Waals surface area contributed by atoms with Gasteiger partial charge in [0.25, 0.3) is 0 Å². The molecule has 0 fully saturated rings. The first kappa shape index (κ1) is 18.5. The van der Waals surface area contributed by atoms with E-state index in [0.717, 1.165) is 28.4 Å². The lowest BCUT2D eigenvalue weighted by Crippen LogP contribution is -2.14. The van der Waals surface area contributed by atoms with Crippen LogP contribution in [0, 0.1) is 0 Å². The molecule has 0 unspecified atom stereocenters. The van der Waals surface area contributed by atoms with Gasteiger partial charge in [0.1, 0.15) is 0 Å². The van der Waals surface area contributed by atoms with Gasteiger partial charge in [-0.15, -0.1) is 11.8 Å². The zero-order valence-electron chi connectivity index (χ0n) is 14.2. The Bertz CT molecular complexity index is 853. The summed E-state index contributed by atoms with van der Waals surface area (Å²) in [5.41, 5.74) is 4.27. The number of rotatable bonds is 7. The van der Waals surface area contributed by atoms with E-state index >= 15 is 0 Å². The van der Waals surface area contributed by atoms with E-state index in [9.17, 15) is 4.79 Å². The minimum atomic E-state index is -0.0102. The molecule has 1 aromatic heterocycles. The summed E-state index contributed by atoms with van der Waals surface area (Å²) in [4.78, 5) is 16.1. The molecule has 0 aliphatic rings. The maximum Gasteiger partial charge on any atom is 0.234 e. The molecular formula is C21H19ClN2OS. The molecular weight excluding hydrogens is 364 g/mol. The van der Waals surface area contributed by atoms with Gasteiger partial charge in [-0.25, -0.2) is 0 Å². The van der Waals surface area contributed by atoms with Crippen LogP contribution in [0.1, 0.15) is 16.7 Å². The topological polar surface area (TPSA) is 42.0 Å². The Kier molecular flexibility index (Phi) is 6.69. The van der Waals surface area contributed by atoms with Crippen molar-refractivity contribution >= 4 is 35.0 Å². The average Bonchev–Trinajstić information content (AvgIpc) is 2.66. The van der Waals surface area contributed by atoms with Gasteiger partial charge in [0.15, 0.2) is 0 Å². The van der Waals surface area contributed by atoms with E-state index in [0.29, 0.717) is 5.75 Å². The summed E-state index contributed by atoms with van der Waals surface area (Å²) in [5.74, 6) is 1.10. The van der Waals surface area contributed by atoms with Gasteiger partial charge in [-0.05, 0) is 53.4 Å². The molecule has 132 valence electrons. The van der Waals surface area contributed by atoms with Crippen LogP contribution in [0.4, 0.5) is 5.69 Å². The second kappa shape index (κ2) is 9.41. The van der Waals surface area contributed by atoms with E-state index in [1.54, 1.807) is 24.2 Å². The SMILES string of the molecule is O=C(CSCc1ccccc1Cl)Nc1ccc(Cc2ccncc2)cc1. The van der Waals surface area contributed by atoms with E-state index in [-0.39, 0.29) is 5.91 Å². The summed E-state index contributed by atoms with van der Waals surface area (Å²) < 4.78 is 0. The molecule has 26 heavy (non-hydrogen) atoms. The lowest BCUT2D eigenvalue weighted by Gasteiger charge is -2.07. The van der Waals surface area contributed by atoms with Crippen molar-refractivity contribution in [3.8, 4) is 0 Å². The van der Waals surface area contributed by atoms with E-state index < -0.39 is 0 Å². The van der Waals surface area contributed by atoms with Crippen LogP contribution in [0.2, 0.25) is 5.02 Å². The van der Waals surface area contributed by atoms with Crippen molar-refractivity contribution < 1.29 is 4.79 Å². The highest BCUT2D eigenvalue weighted by Crippen LogP contribution is 2.21. The van der Waals surface area contributed by atoms with Crippen LogP contribution in [-0.2, 0) is 17.0 Å². The van der Waals surface area contributed by atoms with Crippen LogP contribution in [0.3, 0.4) is 0 Å². The van der Waals surface area contributed by atoms with E-state index in [1.165, 1.54) is 11.1 Å². The normalized spacial score (nSPS) is 10.5. The smallest absolute Gasteiger partial charge is 0.234 e. The number of benzene rings is 2. The third-order valence-electron chi connectivity index (χ3n) is 3.84. The van der Waals surface area contributed by atoms with Crippen molar-refractivity contribution in [3.63, 3.8) is 0 Å². The minimum Gasteiger partial charge on any atom is -0.325 e. The summed E-state index contributed by atoms with van der Waals surface area (Å²) in [6.45, 7) is 0. The molecule has 1 heterocycles. The summed E-state index contributed by atoms with van der Waals surface area (Å²) in [6.07, 6.45) is 4.44. The molecule has 3 nitrogen and oxygen atoms in total. The second-order valence-electron chi connectivity index (χ2n) is 5.86. The molecule has 2 aromatic carbocycles. The average molecular weight is 383 g/mol. The van der Waals surface area contributed by atoms with Gasteiger partial charge >= 0.3 is 0 Å². The van der Waals surface area contributed by atoms with E-state index in [1.807, 2.05) is 60.7 Å². The predicted octanol–water partition coefficient (Wildman–Crippen LogP) is 5.20. The summed E-state index contributed by atoms with van der Waals surface area (Å²) in [6, 6.07) is 19.7. The van der Waals surface area contributed by atoms with Crippen LogP contribution < -0.4 is 5.32 Å². The van der Waals surface area contributed by atoms with Gasteiger partial charge in [-0.3, -0.25) is 9.78 Å². The third kappa shape index (κ3) is 5.61. The molecule has 3 aromatic rings. The number of amides is 1. The van der Waals surface area contributed by atoms with Crippen LogP contribution in [-0.4, -0.2) is 16.6 Å². The molecule has 0 atom stereocenters. The van der Waals surface area contributed by atoms with Gasteiger partial charge in [-0.2, -0.15) is 0 Å². The number of aromatic nitrogens is 1. The molecule has 1 amide bonds. The van der Waals surface area contributed by atoms with E-state index in [4.69, 9.17) is 11.6 Å². The summed E-state index contributed by atoms with van der Waals surface area (Å²) >= 11 is 7.68. The molecule has 0 saturated heterocycles. The molecule has 0 saturated carbocycles. The zero-order valence-corrected chi connectivity index (χ0v) is 15.8. The van der Waals surface area contributed by atoms with Crippen LogP contribution in [0.5, 0.6) is 0 Å². The third-order valence-corrected chi connectivity index (χ3v) is 5.19. The van der Waals surface area contributed by atoms with Gasteiger partial charge in [0, 0.05) is 28.9 Å². The summed E-state index contributed by atoms with van der Waals surface area (Å²) in [5, 5.41) is 3.67. The molecule has 0 spiro atoms. The molecule has 0 aliphatic carbocycles. The van der Waals surface area contributed by atoms with Gasteiger partial charge in [0.2, 0.25) is 5.91 Å². The Morgan fingerprint density at radius 3 is 2.38 bits per heavy atom. The Labute approximate surface area is 162 Å². The number of anilines is 1. The number of hydrogen-bond acceptors (Lipinski definition) is 3. The summed E-state index contributed by atoms with van der Waals surface area (Å²) in [7, 11) is 0. The van der Waals surface area contributed by atoms with E-state index in [2.05, 4.69) is 10.3 Å². The fourth-order valence-electron chi connectivity index (χ4n) is 2.51. The molecule has 3 rings (SSSR count). The number of halogens is 1. The molecule has 0 bridgehead atoms. The van der Waals surface area contributed by atoms with Crippen molar-refractivity contribution in [2.75, 3.05) is 11.1 Å². The highest BCUT2D eigenvalue weighted by atomic mass is 35.5. The minimum absolute atomic E-state index is 0.0102. The lowest BCUT2D eigenvalue weighted by molar-refractivity contribution is -0.113. The number of carbonyl (C=O) groups excluding carboxylic acids is 1. The Hall–Kier alpha value is -2.30. The van der Waals surface area contributed by atoms with Crippen molar-refractivity contribution in [2.24, 2.45) is 0 Å². The Morgan fingerprint density at radius 1 is 0.962 bits per heavy atom. The number of thioether (sulfide) groups is 1. The van der Waals surface area contributed by atoms with Gasteiger partial charge < -0.3 is 5.32 Å². The monoisotopic (exact) mass is 382 g/mol. The standard InChI is InChI=1S/C21H19ClN2OS/c22-20-4-2-1-3-18(20)14-26-15-21(25)24-19-7-5-16(6-8-19)13-17-9-11-23-12-10-17/h1-12H,13-15H2,(H,24,25). The molecule has 1 N–H and O–H groups in total. The van der Waals surface area contributed by atoms with Crippen LogP contribution in [0.15, 0.2) is 73.1 Å². The highest BCUT2D eigenvalue weighted by molar-refractivity contribution is 7.99. The first-order valence-electron chi connectivity index (χ1n) is 8.29. The maximum absolute atomic E-state index is 12.1. The maximum atomic E-state index is 12.1. The fourth-order valence-corrected chi connectivity index (χ4v) is 3.62. The number of hydrogen-bond donors (Lipinski definition) is 1. The fraction of sp³-hybridized carbons (Fsp3) is 0.143. The molecule has 0 radical (unpaired) electrons. The first-order valence-corrected chi connectivity index (χ1v) is 9.83. The molecule has 5 heteroatoms. The van der Waals surface area contributed by atoms with Crippen molar-refractivity contribution in [1.82, 2.24) is 4.98 Å². The quantitative estimate of drug-likeness (QED) is 0.610. The number of nitrogens with one attached hydrogen (secondary N) is 1. The van der Waals surface area contributed by atoms with Crippen LogP contribution in [0.25, 0.3) is 0 Å². The number of pyridine rings is 1. The zero-order chi connectivity index (χ0) is 18.2. The Morgan fingerprint density at radius 2 is 1.65 bits per heavy atom. The van der Waals surface area contributed by atoms with Gasteiger partial charge in [0.05, 0.1) is 5.75 Å². The van der Waals surface area contributed by atoms with Crippen molar-refractivity contribution in [3.05, 3.63) is 94.8 Å². The number of nitrogens with zero attached hydrogens (tertiary/aromatic N) is 1. The van der Waals surface area contributed by atoms with Crippen molar-refractivity contribution in [2.45, 2.75) is 12.2 Å². The first-order chi connectivity index (χ1) is 12.7.